The second kappa shape index (κ2) is 7.71. The number of thiophene rings is 1. The van der Waals surface area contributed by atoms with Gasteiger partial charge in [0, 0.05) is 9.58 Å². The predicted molar refractivity (Wildman–Crippen MR) is 109 cm³/mol. The molecule has 27 heavy (non-hydrogen) atoms. The number of piperidine rings is 1. The smallest absolute Gasteiger partial charge is 0.320 e. The Labute approximate surface area is 163 Å². The van der Waals surface area contributed by atoms with Crippen LogP contribution >= 0.6 is 11.3 Å². The lowest BCUT2D eigenvalue weighted by atomic mass is 9.95. The number of carboxylic acids is 1. The molecule has 1 saturated heterocycles. The van der Waals surface area contributed by atoms with Gasteiger partial charge in [-0.3, -0.25) is 9.69 Å². The maximum Gasteiger partial charge on any atom is 0.320 e. The van der Waals surface area contributed by atoms with E-state index in [9.17, 15) is 9.90 Å². The summed E-state index contributed by atoms with van der Waals surface area (Å²) in [4.78, 5) is 15.3. The Morgan fingerprint density at radius 2 is 1.96 bits per heavy atom. The van der Waals surface area contributed by atoms with Crippen molar-refractivity contribution >= 4 is 27.4 Å². The molecular formula is C22H23NO3S. The Morgan fingerprint density at radius 3 is 2.67 bits per heavy atom. The summed E-state index contributed by atoms with van der Waals surface area (Å²) in [5.41, 5.74) is 1.11. The van der Waals surface area contributed by atoms with Crippen molar-refractivity contribution in [3.63, 3.8) is 0 Å². The predicted octanol–water partition coefficient (Wildman–Crippen LogP) is 4.94. The lowest BCUT2D eigenvalue weighted by Gasteiger charge is -2.39. The topological polar surface area (TPSA) is 49.8 Å². The third-order valence-corrected chi connectivity index (χ3v) is 6.48. The second-order valence-corrected chi connectivity index (χ2v) is 8.07. The normalized spacial score (nSPS) is 19.1. The van der Waals surface area contributed by atoms with Crippen LogP contribution in [0.1, 0.15) is 35.7 Å². The van der Waals surface area contributed by atoms with Gasteiger partial charge in [-0.1, -0.05) is 36.8 Å². The van der Waals surface area contributed by atoms with Crippen LogP contribution in [0.4, 0.5) is 0 Å². The van der Waals surface area contributed by atoms with Crippen molar-refractivity contribution in [2.75, 3.05) is 13.7 Å². The van der Waals surface area contributed by atoms with Crippen LogP contribution in [0.15, 0.2) is 54.6 Å². The number of ether oxygens (including phenoxy) is 1. The molecule has 5 heteroatoms. The Balaban J connectivity index is 1.81. The van der Waals surface area contributed by atoms with Crippen LogP contribution in [0.3, 0.4) is 0 Å². The summed E-state index contributed by atoms with van der Waals surface area (Å²) >= 11 is 1.75. The first-order chi connectivity index (χ1) is 13.2. The van der Waals surface area contributed by atoms with Gasteiger partial charge in [-0.15, -0.1) is 11.3 Å². The number of rotatable bonds is 5. The van der Waals surface area contributed by atoms with Crippen LogP contribution in [0, 0.1) is 0 Å². The number of methoxy groups -OCH3 is 1. The van der Waals surface area contributed by atoms with E-state index in [-0.39, 0.29) is 6.04 Å². The highest BCUT2D eigenvalue weighted by Crippen LogP contribution is 2.40. The molecule has 1 N–H and O–H groups in total. The number of carbonyl (C=O) groups is 1. The highest BCUT2D eigenvalue weighted by atomic mass is 32.1. The van der Waals surface area contributed by atoms with E-state index in [0.717, 1.165) is 30.7 Å². The van der Waals surface area contributed by atoms with Crippen LogP contribution in [-0.2, 0) is 4.79 Å². The lowest BCUT2D eigenvalue weighted by Crippen LogP contribution is -2.46. The van der Waals surface area contributed by atoms with E-state index in [1.807, 2.05) is 24.3 Å². The number of hydrogen-bond donors (Lipinski definition) is 1. The Morgan fingerprint density at radius 1 is 1.19 bits per heavy atom. The maximum absolute atomic E-state index is 11.9. The van der Waals surface area contributed by atoms with E-state index >= 15 is 0 Å². The molecule has 2 atom stereocenters. The van der Waals surface area contributed by atoms with Gasteiger partial charge >= 0.3 is 5.97 Å². The van der Waals surface area contributed by atoms with E-state index in [2.05, 4.69) is 35.2 Å². The van der Waals surface area contributed by atoms with Gasteiger partial charge in [-0.2, -0.15) is 0 Å². The average Bonchev–Trinajstić information content (AvgIpc) is 3.12. The summed E-state index contributed by atoms with van der Waals surface area (Å²) in [7, 11) is 1.66. The number of carboxylic acid groups (broad SMARTS) is 1. The van der Waals surface area contributed by atoms with Crippen molar-refractivity contribution in [3.8, 4) is 5.75 Å². The molecule has 2 heterocycles. The average molecular weight is 381 g/mol. The van der Waals surface area contributed by atoms with Gasteiger partial charge < -0.3 is 9.84 Å². The molecule has 4 rings (SSSR count). The summed E-state index contributed by atoms with van der Waals surface area (Å²) in [5, 5.41) is 11.0. The second-order valence-electron chi connectivity index (χ2n) is 6.95. The Kier molecular flexibility index (Phi) is 5.14. The summed E-state index contributed by atoms with van der Waals surface area (Å²) in [6, 6.07) is 18.1. The first-order valence-corrected chi connectivity index (χ1v) is 10.1. The minimum atomic E-state index is -0.727. The summed E-state index contributed by atoms with van der Waals surface area (Å²) in [6.45, 7) is 0.794. The number of benzene rings is 2. The summed E-state index contributed by atoms with van der Waals surface area (Å²) in [6.07, 6.45) is 2.70. The van der Waals surface area contributed by atoms with Crippen molar-refractivity contribution < 1.29 is 14.6 Å². The van der Waals surface area contributed by atoms with Crippen LogP contribution in [0.25, 0.3) is 10.1 Å². The molecule has 3 aromatic rings. The number of fused-ring (bicyclic) bond motifs is 1. The standard InChI is InChI=1S/C22H23NO3S/c1-26-17-11-9-15(10-12-17)21(23-13-5-4-7-18(23)22(24)25)20-14-16-6-2-3-8-19(16)27-20/h2-3,6,8-12,14,18,21H,4-5,7,13H2,1H3,(H,24,25). The molecule has 1 aliphatic heterocycles. The van der Waals surface area contributed by atoms with Crippen molar-refractivity contribution in [2.45, 2.75) is 31.3 Å². The molecule has 4 nitrogen and oxygen atoms in total. The number of hydrogen-bond acceptors (Lipinski definition) is 4. The first-order valence-electron chi connectivity index (χ1n) is 9.28. The number of nitrogens with zero attached hydrogens (tertiary/aromatic N) is 1. The molecule has 2 unspecified atom stereocenters. The zero-order valence-electron chi connectivity index (χ0n) is 15.3. The van der Waals surface area contributed by atoms with Crippen LogP contribution in [0.5, 0.6) is 5.75 Å². The van der Waals surface area contributed by atoms with Crippen molar-refractivity contribution in [3.05, 3.63) is 65.0 Å². The van der Waals surface area contributed by atoms with E-state index in [1.54, 1.807) is 18.4 Å². The van der Waals surface area contributed by atoms with Crippen molar-refractivity contribution in [1.29, 1.82) is 0 Å². The minimum absolute atomic E-state index is 0.0605. The molecule has 0 bridgehead atoms. The van der Waals surface area contributed by atoms with Gasteiger partial charge in [0.2, 0.25) is 0 Å². The van der Waals surface area contributed by atoms with Crippen molar-refractivity contribution in [2.24, 2.45) is 0 Å². The molecule has 0 amide bonds. The first kappa shape index (κ1) is 18.0. The molecule has 0 saturated carbocycles. The van der Waals surface area contributed by atoms with Gasteiger partial charge in [0.25, 0.3) is 0 Å². The molecule has 140 valence electrons. The molecular weight excluding hydrogens is 358 g/mol. The zero-order valence-corrected chi connectivity index (χ0v) is 16.1. The quantitative estimate of drug-likeness (QED) is 0.680. The third-order valence-electron chi connectivity index (χ3n) is 5.31. The SMILES string of the molecule is COc1ccc(C(c2cc3ccccc3s2)N2CCCCC2C(=O)O)cc1. The largest absolute Gasteiger partial charge is 0.497 e. The summed E-state index contributed by atoms with van der Waals surface area (Å²) < 4.78 is 6.53. The Hall–Kier alpha value is -2.37. The fraction of sp³-hybridized carbons (Fsp3) is 0.318. The van der Waals surface area contributed by atoms with Gasteiger partial charge in [0.05, 0.1) is 13.2 Å². The van der Waals surface area contributed by atoms with Gasteiger partial charge in [0.15, 0.2) is 0 Å². The fourth-order valence-electron chi connectivity index (χ4n) is 3.97. The van der Waals surface area contributed by atoms with E-state index < -0.39 is 12.0 Å². The third kappa shape index (κ3) is 3.57. The highest BCUT2D eigenvalue weighted by Gasteiger charge is 2.35. The number of likely N-dealkylation sites (tertiary alicyclic amines) is 1. The Bertz CT molecular complexity index is 901. The molecule has 0 spiro atoms. The molecule has 1 aromatic heterocycles. The van der Waals surface area contributed by atoms with E-state index in [4.69, 9.17) is 4.74 Å². The van der Waals surface area contributed by atoms with Crippen LogP contribution in [0.2, 0.25) is 0 Å². The molecule has 1 fully saturated rings. The zero-order chi connectivity index (χ0) is 18.8. The lowest BCUT2D eigenvalue weighted by molar-refractivity contribution is -0.145. The molecule has 2 aromatic carbocycles. The monoisotopic (exact) mass is 381 g/mol. The van der Waals surface area contributed by atoms with E-state index in [1.165, 1.54) is 15.0 Å². The minimum Gasteiger partial charge on any atom is -0.497 e. The number of aliphatic carboxylic acids is 1. The molecule has 0 aliphatic carbocycles. The summed E-state index contributed by atoms with van der Waals surface area (Å²) in [5.74, 6) is 0.0802. The van der Waals surface area contributed by atoms with Gasteiger partial charge in [-0.25, -0.2) is 0 Å². The van der Waals surface area contributed by atoms with Crippen LogP contribution < -0.4 is 4.74 Å². The fourth-order valence-corrected chi connectivity index (χ4v) is 5.19. The molecule has 0 radical (unpaired) electrons. The van der Waals surface area contributed by atoms with E-state index in [0.29, 0.717) is 6.42 Å². The molecule has 1 aliphatic rings. The van der Waals surface area contributed by atoms with Gasteiger partial charge in [0.1, 0.15) is 11.8 Å². The van der Waals surface area contributed by atoms with Crippen LogP contribution in [-0.4, -0.2) is 35.7 Å². The van der Waals surface area contributed by atoms with Crippen molar-refractivity contribution in [1.82, 2.24) is 4.90 Å². The van der Waals surface area contributed by atoms with Gasteiger partial charge in [-0.05, 0) is 54.6 Å². The highest BCUT2D eigenvalue weighted by molar-refractivity contribution is 7.19. The maximum atomic E-state index is 11.9.